The van der Waals surface area contributed by atoms with Gasteiger partial charge in [0.2, 0.25) is 5.95 Å². The summed E-state index contributed by atoms with van der Waals surface area (Å²) >= 11 is 0. The van der Waals surface area contributed by atoms with E-state index in [-0.39, 0.29) is 36.3 Å². The van der Waals surface area contributed by atoms with Gasteiger partial charge in [0.05, 0.1) is 11.6 Å². The van der Waals surface area contributed by atoms with Crippen molar-refractivity contribution >= 4 is 35.9 Å². The number of nitrogens with one attached hydrogen (secondary N) is 1. The molecule has 3 rings (SSSR count). The molecule has 0 radical (unpaired) electrons. The van der Waals surface area contributed by atoms with Gasteiger partial charge in [-0.05, 0) is 24.3 Å². The van der Waals surface area contributed by atoms with E-state index in [4.69, 9.17) is 5.26 Å². The number of hydrogen-bond acceptors (Lipinski definition) is 5. The fourth-order valence-electron chi connectivity index (χ4n) is 2.86. The van der Waals surface area contributed by atoms with Gasteiger partial charge in [-0.25, -0.2) is 14.4 Å². The predicted molar refractivity (Wildman–Crippen MR) is 113 cm³/mol. The highest BCUT2D eigenvalue weighted by molar-refractivity contribution is 14.0. The van der Waals surface area contributed by atoms with Crippen molar-refractivity contribution in [3.05, 3.63) is 53.6 Å². The van der Waals surface area contributed by atoms with Crippen LogP contribution in [-0.4, -0.2) is 54.1 Å². The van der Waals surface area contributed by atoms with E-state index in [1.54, 1.807) is 31.6 Å². The number of nitrogens with zero attached hydrogens (tertiary/aromatic N) is 6. The second-order valence-electron chi connectivity index (χ2n) is 5.84. The van der Waals surface area contributed by atoms with E-state index >= 15 is 0 Å². The topological polar surface area (TPSA) is 80.4 Å². The van der Waals surface area contributed by atoms with Gasteiger partial charge in [-0.3, -0.25) is 4.99 Å². The quantitative estimate of drug-likeness (QED) is 0.411. The van der Waals surface area contributed by atoms with Crippen LogP contribution in [0.1, 0.15) is 11.1 Å². The molecule has 142 valence electrons. The number of benzene rings is 1. The Morgan fingerprint density at radius 3 is 2.59 bits per heavy atom. The van der Waals surface area contributed by atoms with Gasteiger partial charge in [0, 0.05) is 57.7 Å². The largest absolute Gasteiger partial charge is 0.352 e. The lowest BCUT2D eigenvalue weighted by Gasteiger charge is -2.36. The average molecular weight is 481 g/mol. The van der Waals surface area contributed by atoms with Crippen molar-refractivity contribution in [2.24, 2.45) is 4.99 Å². The number of hydrogen-bond donors (Lipinski definition) is 1. The molecule has 2 aromatic rings. The van der Waals surface area contributed by atoms with E-state index in [9.17, 15) is 4.39 Å². The Kier molecular flexibility index (Phi) is 7.72. The molecule has 27 heavy (non-hydrogen) atoms. The van der Waals surface area contributed by atoms with Crippen LogP contribution in [0.2, 0.25) is 0 Å². The van der Waals surface area contributed by atoms with Crippen molar-refractivity contribution in [3.63, 3.8) is 0 Å². The third-order valence-corrected chi connectivity index (χ3v) is 4.24. The molecule has 1 aliphatic heterocycles. The van der Waals surface area contributed by atoms with Crippen LogP contribution in [0, 0.1) is 17.1 Å². The van der Waals surface area contributed by atoms with Gasteiger partial charge in [0.15, 0.2) is 5.96 Å². The first-order chi connectivity index (χ1) is 12.7. The zero-order valence-corrected chi connectivity index (χ0v) is 17.3. The van der Waals surface area contributed by atoms with Gasteiger partial charge in [0.1, 0.15) is 5.82 Å². The highest BCUT2D eigenvalue weighted by Gasteiger charge is 2.21. The van der Waals surface area contributed by atoms with Crippen LogP contribution in [-0.2, 0) is 6.54 Å². The number of piperazine rings is 1. The van der Waals surface area contributed by atoms with Gasteiger partial charge in [-0.2, -0.15) is 5.26 Å². The molecule has 1 fully saturated rings. The minimum atomic E-state index is -0.335. The molecule has 1 N–H and O–H groups in total. The number of nitriles is 1. The first-order valence-electron chi connectivity index (χ1n) is 8.37. The van der Waals surface area contributed by atoms with E-state index in [1.807, 2.05) is 6.07 Å². The maximum Gasteiger partial charge on any atom is 0.225 e. The standard InChI is InChI=1S/C18H20FN7.HI/c1-21-17(24-13-15-11-14(12-20)3-4-16(15)19)25-7-9-26(10-8-25)18-22-5-2-6-23-18;/h2-6,11H,7-10,13H2,1H3,(H,21,24);1H. The van der Waals surface area contributed by atoms with Crippen molar-refractivity contribution in [2.75, 3.05) is 38.1 Å². The van der Waals surface area contributed by atoms with Gasteiger partial charge in [-0.1, -0.05) is 0 Å². The average Bonchev–Trinajstić information content (AvgIpc) is 2.71. The number of rotatable bonds is 3. The van der Waals surface area contributed by atoms with Crippen LogP contribution in [0.4, 0.5) is 10.3 Å². The maximum atomic E-state index is 13.9. The van der Waals surface area contributed by atoms with E-state index in [0.29, 0.717) is 17.1 Å². The molecule has 9 heteroatoms. The normalized spacial score (nSPS) is 14.3. The SMILES string of the molecule is CN=C(NCc1cc(C#N)ccc1F)N1CCN(c2ncccn2)CC1.I. The lowest BCUT2D eigenvalue weighted by Crippen LogP contribution is -2.52. The Morgan fingerprint density at radius 1 is 1.26 bits per heavy atom. The number of anilines is 1. The van der Waals surface area contributed by atoms with E-state index < -0.39 is 0 Å². The van der Waals surface area contributed by atoms with Crippen molar-refractivity contribution in [2.45, 2.75) is 6.54 Å². The first-order valence-corrected chi connectivity index (χ1v) is 8.37. The molecule has 0 aliphatic carbocycles. The third kappa shape index (κ3) is 5.26. The van der Waals surface area contributed by atoms with Crippen LogP contribution in [0.25, 0.3) is 0 Å². The van der Waals surface area contributed by atoms with Crippen molar-refractivity contribution in [1.29, 1.82) is 5.26 Å². The highest BCUT2D eigenvalue weighted by Crippen LogP contribution is 2.12. The minimum absolute atomic E-state index is 0. The summed E-state index contributed by atoms with van der Waals surface area (Å²) in [5.41, 5.74) is 0.885. The summed E-state index contributed by atoms with van der Waals surface area (Å²) in [5, 5.41) is 12.1. The van der Waals surface area contributed by atoms with Gasteiger partial charge in [0.25, 0.3) is 0 Å². The molecule has 0 amide bonds. The lowest BCUT2D eigenvalue weighted by atomic mass is 10.1. The van der Waals surface area contributed by atoms with E-state index in [2.05, 4.69) is 30.1 Å². The minimum Gasteiger partial charge on any atom is -0.352 e. The maximum absolute atomic E-state index is 13.9. The van der Waals surface area contributed by atoms with Crippen molar-refractivity contribution in [1.82, 2.24) is 20.2 Å². The molecule has 1 aliphatic rings. The van der Waals surface area contributed by atoms with Gasteiger partial charge < -0.3 is 15.1 Å². The molecule has 1 aromatic carbocycles. The number of aromatic nitrogens is 2. The summed E-state index contributed by atoms with van der Waals surface area (Å²) < 4.78 is 13.9. The van der Waals surface area contributed by atoms with Crippen LogP contribution in [0.3, 0.4) is 0 Å². The van der Waals surface area contributed by atoms with Crippen molar-refractivity contribution in [3.8, 4) is 6.07 Å². The Morgan fingerprint density at radius 2 is 1.96 bits per heavy atom. The molecule has 7 nitrogen and oxygen atoms in total. The van der Waals surface area contributed by atoms with Gasteiger partial charge in [-0.15, -0.1) is 24.0 Å². The molecule has 0 spiro atoms. The van der Waals surface area contributed by atoms with Crippen LogP contribution in [0.5, 0.6) is 0 Å². The highest BCUT2D eigenvalue weighted by atomic mass is 127. The van der Waals surface area contributed by atoms with E-state index in [0.717, 1.165) is 32.1 Å². The first kappa shape index (κ1) is 20.8. The molecular formula is C18H21FIN7. The second-order valence-corrected chi connectivity index (χ2v) is 5.84. The third-order valence-electron chi connectivity index (χ3n) is 4.24. The zero-order valence-electron chi connectivity index (χ0n) is 15.0. The molecule has 2 heterocycles. The molecule has 0 unspecified atom stereocenters. The molecule has 1 saturated heterocycles. The summed E-state index contributed by atoms with van der Waals surface area (Å²) in [4.78, 5) is 17.1. The Labute approximate surface area is 175 Å². The second kappa shape index (κ2) is 10.0. The summed E-state index contributed by atoms with van der Waals surface area (Å²) in [7, 11) is 1.71. The van der Waals surface area contributed by atoms with E-state index in [1.165, 1.54) is 12.1 Å². The van der Waals surface area contributed by atoms with Crippen LogP contribution < -0.4 is 10.2 Å². The fraction of sp³-hybridized carbons (Fsp3) is 0.333. The number of aliphatic imine (C=N–C) groups is 1. The number of halogens is 2. The molecule has 1 aromatic heterocycles. The lowest BCUT2D eigenvalue weighted by molar-refractivity contribution is 0.369. The Bertz CT molecular complexity index is 814. The molecule has 0 atom stereocenters. The van der Waals surface area contributed by atoms with Crippen molar-refractivity contribution < 1.29 is 4.39 Å². The number of guanidine groups is 1. The zero-order chi connectivity index (χ0) is 18.4. The predicted octanol–water partition coefficient (Wildman–Crippen LogP) is 2.00. The summed E-state index contributed by atoms with van der Waals surface area (Å²) in [5.74, 6) is 1.10. The smallest absolute Gasteiger partial charge is 0.225 e. The van der Waals surface area contributed by atoms with Gasteiger partial charge >= 0.3 is 0 Å². The summed E-state index contributed by atoms with van der Waals surface area (Å²) in [6.07, 6.45) is 3.47. The summed E-state index contributed by atoms with van der Waals surface area (Å²) in [6.45, 7) is 3.36. The van der Waals surface area contributed by atoms with Crippen LogP contribution >= 0.6 is 24.0 Å². The van der Waals surface area contributed by atoms with Crippen LogP contribution in [0.15, 0.2) is 41.7 Å². The molecule has 0 saturated carbocycles. The summed E-state index contributed by atoms with van der Waals surface area (Å²) in [6, 6.07) is 8.17. The monoisotopic (exact) mass is 481 g/mol. The molecular weight excluding hydrogens is 460 g/mol. The molecule has 0 bridgehead atoms. The Hall–Kier alpha value is -2.48. The fourth-order valence-corrected chi connectivity index (χ4v) is 2.86. The Balaban J connectivity index is 0.00000261.